The molecule has 0 aliphatic carbocycles. The number of carbonyl (C=O) groups is 1. The molecule has 0 amide bonds. The van der Waals surface area contributed by atoms with Crippen LogP contribution in [0.25, 0.3) is 0 Å². The molecule has 0 aromatic heterocycles. The molecule has 0 aromatic carbocycles. The molecule has 0 saturated heterocycles. The quantitative estimate of drug-likeness (QED) is 0.182. The van der Waals surface area contributed by atoms with Crippen LogP contribution >= 0.6 is 0 Å². The van der Waals surface area contributed by atoms with Gasteiger partial charge >= 0.3 is 0 Å². The van der Waals surface area contributed by atoms with Crippen molar-refractivity contribution in [1.82, 2.24) is 0 Å². The fourth-order valence-corrected chi connectivity index (χ4v) is 2.60. The van der Waals surface area contributed by atoms with Crippen LogP contribution < -0.4 is 0 Å². The van der Waals surface area contributed by atoms with Gasteiger partial charge in [-0.05, 0) is 6.42 Å². The molecule has 0 saturated carbocycles. The van der Waals surface area contributed by atoms with E-state index in [1.807, 2.05) is 0 Å². The average molecular weight is 316 g/mol. The molecule has 0 atom stereocenters. The van der Waals surface area contributed by atoms with Crippen molar-refractivity contribution in [2.45, 2.75) is 110 Å². The molecule has 118 valence electrons. The Kier molecular flexibility index (Phi) is 24.6. The predicted octanol–water partition coefficient (Wildman–Crippen LogP) is 6.44. The summed E-state index contributed by atoms with van der Waals surface area (Å²) in [4.78, 5) is 10.1. The molecule has 0 unspecified atom stereocenters. The minimum atomic E-state index is 0. The Bertz CT molecular complexity index is 171. The smallest absolute Gasteiger partial charge is 0.119 e. The minimum absolute atomic E-state index is 0. The molecule has 0 aromatic rings. The van der Waals surface area contributed by atoms with E-state index in [9.17, 15) is 4.79 Å². The summed E-state index contributed by atoms with van der Waals surface area (Å²) in [6.07, 6.45) is 22.6. The molecular weight excluding hydrogens is 280 g/mol. The van der Waals surface area contributed by atoms with E-state index in [4.69, 9.17) is 0 Å². The summed E-state index contributed by atoms with van der Waals surface area (Å²) >= 11 is 0. The van der Waals surface area contributed by atoms with Crippen molar-refractivity contribution in [3.63, 3.8) is 0 Å². The van der Waals surface area contributed by atoms with Gasteiger partial charge in [0.25, 0.3) is 0 Å². The third-order valence-corrected chi connectivity index (χ3v) is 3.93. The maximum absolute atomic E-state index is 10.1. The summed E-state index contributed by atoms with van der Waals surface area (Å²) in [6, 6.07) is 0. The van der Waals surface area contributed by atoms with Gasteiger partial charge < -0.3 is 4.79 Å². The van der Waals surface area contributed by atoms with Crippen molar-refractivity contribution in [1.29, 1.82) is 0 Å². The van der Waals surface area contributed by atoms with Crippen molar-refractivity contribution in [2.75, 3.05) is 0 Å². The molecule has 0 fully saturated rings. The van der Waals surface area contributed by atoms with Gasteiger partial charge in [-0.1, -0.05) is 96.8 Å². The van der Waals surface area contributed by atoms with E-state index < -0.39 is 0 Å². The third-order valence-electron chi connectivity index (χ3n) is 3.93. The Hall–Kier alpha value is 0.384. The molecule has 0 radical (unpaired) electrons. The van der Waals surface area contributed by atoms with Gasteiger partial charge in [0, 0.05) is 28.1 Å². The van der Waals surface area contributed by atoms with E-state index in [2.05, 4.69) is 6.92 Å². The zero-order chi connectivity index (χ0) is 14.0. The summed E-state index contributed by atoms with van der Waals surface area (Å²) in [5, 5.41) is 0. The van der Waals surface area contributed by atoms with E-state index in [0.29, 0.717) is 0 Å². The Labute approximate surface area is 142 Å². The second-order valence-corrected chi connectivity index (χ2v) is 5.91. The van der Waals surface area contributed by atoms with Crippen LogP contribution in [0.5, 0.6) is 0 Å². The van der Waals surface area contributed by atoms with Crippen LogP contribution in [0.3, 0.4) is 0 Å². The Morgan fingerprint density at radius 3 is 1.15 bits per heavy atom. The number of unbranched alkanes of at least 4 members (excludes halogenated alkanes) is 15. The summed E-state index contributed by atoms with van der Waals surface area (Å²) < 4.78 is 0. The molecule has 0 heterocycles. The van der Waals surface area contributed by atoms with Crippen LogP contribution in [0.2, 0.25) is 0 Å². The summed E-state index contributed by atoms with van der Waals surface area (Å²) in [5.74, 6) is 0. The van der Waals surface area contributed by atoms with Gasteiger partial charge in [-0.2, -0.15) is 0 Å². The standard InChI is InChI=1S/C18H36O.Ti/c1-2-3-4-5-6-7-8-9-10-11-12-13-14-15-16-17-18-19;/h18H,2-17H2,1H3;. The molecule has 0 aliphatic heterocycles. The molecule has 0 N–H and O–H groups in total. The maximum Gasteiger partial charge on any atom is 0.119 e. The van der Waals surface area contributed by atoms with Crippen LogP contribution in [0.4, 0.5) is 0 Å². The number of hydrogen-bond donors (Lipinski definition) is 0. The average Bonchev–Trinajstić information content (AvgIpc) is 2.43. The van der Waals surface area contributed by atoms with E-state index in [1.54, 1.807) is 0 Å². The third kappa shape index (κ3) is 20.7. The van der Waals surface area contributed by atoms with E-state index in [0.717, 1.165) is 19.1 Å². The first-order valence-corrected chi connectivity index (χ1v) is 8.85. The zero-order valence-electron chi connectivity index (χ0n) is 13.8. The molecule has 0 aliphatic rings. The normalized spacial score (nSPS) is 10.2. The second kappa shape index (κ2) is 21.7. The first kappa shape index (κ1) is 22.7. The van der Waals surface area contributed by atoms with Crippen LogP contribution in [-0.4, -0.2) is 6.29 Å². The van der Waals surface area contributed by atoms with Crippen LogP contribution in [0.1, 0.15) is 110 Å². The van der Waals surface area contributed by atoms with E-state index >= 15 is 0 Å². The molecule has 0 bridgehead atoms. The molecular formula is C18H36OTi. The molecule has 0 spiro atoms. The molecule has 0 rings (SSSR count). The number of carbonyl (C=O) groups excluding carboxylic acids is 1. The van der Waals surface area contributed by atoms with E-state index in [-0.39, 0.29) is 21.7 Å². The van der Waals surface area contributed by atoms with Crippen molar-refractivity contribution in [3.8, 4) is 0 Å². The molecule has 1 nitrogen and oxygen atoms in total. The Balaban J connectivity index is 0. The molecule has 20 heavy (non-hydrogen) atoms. The first-order valence-electron chi connectivity index (χ1n) is 8.85. The fourth-order valence-electron chi connectivity index (χ4n) is 2.60. The SMILES string of the molecule is CCCCCCCCCCCCCCCCCC=O.[Ti]. The summed E-state index contributed by atoms with van der Waals surface area (Å²) in [5.41, 5.74) is 0. The predicted molar refractivity (Wildman–Crippen MR) is 85.6 cm³/mol. The van der Waals surface area contributed by atoms with Crippen LogP contribution in [0.15, 0.2) is 0 Å². The topological polar surface area (TPSA) is 17.1 Å². The van der Waals surface area contributed by atoms with Crippen LogP contribution in [-0.2, 0) is 26.5 Å². The first-order chi connectivity index (χ1) is 9.41. The van der Waals surface area contributed by atoms with Gasteiger partial charge in [-0.3, -0.25) is 0 Å². The van der Waals surface area contributed by atoms with Gasteiger partial charge in [0.05, 0.1) is 0 Å². The number of aldehydes is 1. The number of hydrogen-bond acceptors (Lipinski definition) is 1. The summed E-state index contributed by atoms with van der Waals surface area (Å²) in [7, 11) is 0. The summed E-state index contributed by atoms with van der Waals surface area (Å²) in [6.45, 7) is 2.28. The van der Waals surface area contributed by atoms with Crippen molar-refractivity contribution in [2.24, 2.45) is 0 Å². The van der Waals surface area contributed by atoms with Crippen molar-refractivity contribution >= 4 is 6.29 Å². The largest absolute Gasteiger partial charge is 0.303 e. The Morgan fingerprint density at radius 1 is 0.550 bits per heavy atom. The molecule has 2 heteroatoms. The minimum Gasteiger partial charge on any atom is -0.303 e. The van der Waals surface area contributed by atoms with Gasteiger partial charge in [0.1, 0.15) is 6.29 Å². The second-order valence-electron chi connectivity index (χ2n) is 5.91. The monoisotopic (exact) mass is 316 g/mol. The Morgan fingerprint density at radius 2 is 0.850 bits per heavy atom. The van der Waals surface area contributed by atoms with Gasteiger partial charge in [0.2, 0.25) is 0 Å². The van der Waals surface area contributed by atoms with Crippen molar-refractivity contribution in [3.05, 3.63) is 0 Å². The van der Waals surface area contributed by atoms with Gasteiger partial charge in [-0.25, -0.2) is 0 Å². The van der Waals surface area contributed by atoms with Crippen LogP contribution in [0, 0.1) is 0 Å². The van der Waals surface area contributed by atoms with Gasteiger partial charge in [-0.15, -0.1) is 0 Å². The maximum atomic E-state index is 10.1. The zero-order valence-corrected chi connectivity index (χ0v) is 15.4. The van der Waals surface area contributed by atoms with Gasteiger partial charge in [0.15, 0.2) is 0 Å². The number of rotatable bonds is 16. The van der Waals surface area contributed by atoms with E-state index in [1.165, 1.54) is 89.9 Å². The fraction of sp³-hybridized carbons (Fsp3) is 0.944. The van der Waals surface area contributed by atoms with Crippen molar-refractivity contribution < 1.29 is 26.5 Å².